The molecule has 0 spiro atoms. The number of carboxylic acids is 1. The van der Waals surface area contributed by atoms with Gasteiger partial charge >= 0.3 is 6.03 Å². The molecule has 31 heavy (non-hydrogen) atoms. The summed E-state index contributed by atoms with van der Waals surface area (Å²) in [5.41, 5.74) is 0.0335. The van der Waals surface area contributed by atoms with Crippen molar-refractivity contribution in [2.75, 3.05) is 18.1 Å². The van der Waals surface area contributed by atoms with Crippen molar-refractivity contribution in [3.05, 3.63) is 58.6 Å². The lowest BCUT2D eigenvalue weighted by molar-refractivity contribution is -0.307. The molecule has 0 radical (unpaired) electrons. The fraction of sp³-hybridized carbons (Fsp3) is 0.143. The Bertz CT molecular complexity index is 1080. The van der Waals surface area contributed by atoms with Gasteiger partial charge in [-0.05, 0) is 55.5 Å². The highest BCUT2D eigenvalue weighted by Gasteiger charge is 2.37. The van der Waals surface area contributed by atoms with Gasteiger partial charge in [-0.1, -0.05) is 11.6 Å². The predicted molar refractivity (Wildman–Crippen MR) is 109 cm³/mol. The molecule has 1 aliphatic rings. The minimum atomic E-state index is -1.45. The zero-order valence-electron chi connectivity index (χ0n) is 16.2. The van der Waals surface area contributed by atoms with E-state index in [1.807, 2.05) is 6.92 Å². The lowest BCUT2D eigenvalue weighted by Gasteiger charge is -2.26. The highest BCUT2D eigenvalue weighted by Crippen LogP contribution is 2.28. The van der Waals surface area contributed by atoms with Crippen molar-refractivity contribution < 1.29 is 33.8 Å². The number of halogens is 1. The molecule has 1 fully saturated rings. The number of urea groups is 1. The van der Waals surface area contributed by atoms with Crippen LogP contribution in [0.1, 0.15) is 12.5 Å². The van der Waals surface area contributed by atoms with E-state index >= 15 is 0 Å². The van der Waals surface area contributed by atoms with Crippen LogP contribution >= 0.6 is 11.6 Å². The zero-order valence-corrected chi connectivity index (χ0v) is 17.0. The molecule has 0 aliphatic carbocycles. The van der Waals surface area contributed by atoms with Crippen LogP contribution in [0.5, 0.6) is 11.5 Å². The minimum absolute atomic E-state index is 0.0613. The fourth-order valence-corrected chi connectivity index (χ4v) is 2.99. The third kappa shape index (κ3) is 5.01. The maximum Gasteiger partial charge on any atom is 0.335 e. The van der Waals surface area contributed by atoms with Crippen molar-refractivity contribution in [3.63, 3.8) is 0 Å². The number of carbonyl (C=O) groups excluding carboxylic acids is 4. The van der Waals surface area contributed by atoms with Crippen molar-refractivity contribution in [1.82, 2.24) is 5.32 Å². The number of rotatable bonds is 7. The van der Waals surface area contributed by atoms with E-state index in [1.54, 1.807) is 12.1 Å². The number of aliphatic carboxylic acids is 1. The molecule has 4 amide bonds. The number of nitrogens with one attached hydrogen (secondary N) is 1. The van der Waals surface area contributed by atoms with E-state index in [-0.39, 0.29) is 27.6 Å². The summed E-state index contributed by atoms with van der Waals surface area (Å²) in [7, 11) is 0. The standard InChI is InChI=1S/C21H17ClN2O7/c1-2-30-15-6-4-14(5-7-15)24-20(28)16(19(27)23-21(24)29)10-12-9-13(22)3-8-17(12)31-11-18(25)26/h3-10H,2,11H2,1H3,(H,25,26)(H,23,27,29)/p-1/b16-10+. The van der Waals surface area contributed by atoms with E-state index in [1.165, 1.54) is 36.4 Å². The first-order valence-electron chi connectivity index (χ1n) is 9.06. The van der Waals surface area contributed by atoms with Crippen LogP contribution in [0.2, 0.25) is 5.02 Å². The first-order chi connectivity index (χ1) is 14.8. The molecule has 2 aromatic carbocycles. The summed E-state index contributed by atoms with van der Waals surface area (Å²) in [4.78, 5) is 49.2. The molecule has 2 aromatic rings. The Morgan fingerprint density at radius 2 is 1.84 bits per heavy atom. The maximum atomic E-state index is 13.0. The van der Waals surface area contributed by atoms with E-state index in [0.29, 0.717) is 12.4 Å². The van der Waals surface area contributed by atoms with Gasteiger partial charge in [-0.3, -0.25) is 14.9 Å². The molecule has 1 aliphatic heterocycles. The van der Waals surface area contributed by atoms with Crippen molar-refractivity contribution >= 4 is 47.2 Å². The number of amides is 4. The second kappa shape index (κ2) is 9.31. The van der Waals surface area contributed by atoms with E-state index in [9.17, 15) is 24.3 Å². The summed E-state index contributed by atoms with van der Waals surface area (Å²) in [5, 5.41) is 13.1. The number of anilines is 1. The Labute approximate surface area is 181 Å². The summed E-state index contributed by atoms with van der Waals surface area (Å²) in [6, 6.07) is 9.50. The average Bonchev–Trinajstić information content (AvgIpc) is 2.71. The van der Waals surface area contributed by atoms with Crippen molar-refractivity contribution in [1.29, 1.82) is 0 Å². The second-order valence-electron chi connectivity index (χ2n) is 6.23. The molecule has 160 valence electrons. The highest BCUT2D eigenvalue weighted by atomic mass is 35.5. The van der Waals surface area contributed by atoms with Gasteiger partial charge in [0.05, 0.1) is 18.3 Å². The average molecular weight is 444 g/mol. The first kappa shape index (κ1) is 21.8. The number of nitrogens with zero attached hydrogens (tertiary/aromatic N) is 1. The van der Waals surface area contributed by atoms with Gasteiger partial charge in [-0.25, -0.2) is 9.69 Å². The van der Waals surface area contributed by atoms with Crippen molar-refractivity contribution in [2.45, 2.75) is 6.92 Å². The van der Waals surface area contributed by atoms with Crippen LogP contribution < -0.4 is 24.8 Å². The highest BCUT2D eigenvalue weighted by molar-refractivity contribution is 6.39. The molecule has 0 unspecified atom stereocenters. The van der Waals surface area contributed by atoms with E-state index in [0.717, 1.165) is 4.90 Å². The molecule has 0 aromatic heterocycles. The number of hydrogen-bond acceptors (Lipinski definition) is 7. The van der Waals surface area contributed by atoms with E-state index in [2.05, 4.69) is 5.32 Å². The van der Waals surface area contributed by atoms with Crippen molar-refractivity contribution in [2.24, 2.45) is 0 Å². The van der Waals surface area contributed by atoms with E-state index < -0.39 is 30.4 Å². The van der Waals surface area contributed by atoms with Gasteiger partial charge in [0.15, 0.2) is 0 Å². The van der Waals surface area contributed by atoms with Crippen LogP contribution in [-0.2, 0) is 14.4 Å². The monoisotopic (exact) mass is 443 g/mol. The van der Waals surface area contributed by atoms with Crippen LogP contribution in [-0.4, -0.2) is 37.0 Å². The fourth-order valence-electron chi connectivity index (χ4n) is 2.81. The van der Waals surface area contributed by atoms with Crippen LogP contribution in [0.25, 0.3) is 6.08 Å². The summed E-state index contributed by atoms with van der Waals surface area (Å²) < 4.78 is 10.5. The summed E-state index contributed by atoms with van der Waals surface area (Å²) in [6.07, 6.45) is 1.17. The molecule has 0 saturated carbocycles. The second-order valence-corrected chi connectivity index (χ2v) is 6.66. The molecule has 0 atom stereocenters. The molecule has 3 rings (SSSR count). The van der Waals surface area contributed by atoms with Gasteiger partial charge in [0, 0.05) is 10.6 Å². The van der Waals surface area contributed by atoms with Crippen molar-refractivity contribution in [3.8, 4) is 11.5 Å². The maximum absolute atomic E-state index is 13.0. The Hall–Kier alpha value is -3.85. The topological polar surface area (TPSA) is 125 Å². The quantitative estimate of drug-likeness (QED) is 0.508. The number of barbiturate groups is 1. The van der Waals surface area contributed by atoms with Crippen LogP contribution in [0, 0.1) is 0 Å². The number of imide groups is 2. The summed E-state index contributed by atoms with van der Waals surface area (Å²) >= 11 is 5.98. The molecular weight excluding hydrogens is 428 g/mol. The Balaban J connectivity index is 1.97. The number of carboxylic acid groups (broad SMARTS) is 1. The number of ether oxygens (including phenoxy) is 2. The normalized spacial score (nSPS) is 15.1. The third-order valence-electron chi connectivity index (χ3n) is 4.12. The summed E-state index contributed by atoms with van der Waals surface area (Å²) in [6.45, 7) is 1.53. The van der Waals surface area contributed by atoms with Gasteiger partial charge in [0.2, 0.25) is 0 Å². The third-order valence-corrected chi connectivity index (χ3v) is 4.36. The SMILES string of the molecule is CCOc1ccc(N2C(=O)NC(=O)/C(=C\c3cc(Cl)ccc3OCC(=O)[O-])C2=O)cc1. The molecule has 1 N–H and O–H groups in total. The number of benzene rings is 2. The molecule has 1 saturated heterocycles. The summed E-state index contributed by atoms with van der Waals surface area (Å²) in [5.74, 6) is -2.62. The van der Waals surface area contributed by atoms with Gasteiger partial charge in [0.1, 0.15) is 23.7 Å². The first-order valence-corrected chi connectivity index (χ1v) is 9.44. The van der Waals surface area contributed by atoms with Gasteiger partial charge in [-0.15, -0.1) is 0 Å². The number of hydrogen-bond donors (Lipinski definition) is 1. The molecular formula is C21H16ClN2O7-. The largest absolute Gasteiger partial charge is 0.546 e. The molecule has 9 nitrogen and oxygen atoms in total. The Morgan fingerprint density at radius 1 is 1.13 bits per heavy atom. The van der Waals surface area contributed by atoms with E-state index in [4.69, 9.17) is 21.1 Å². The Kier molecular flexibility index (Phi) is 6.56. The smallest absolute Gasteiger partial charge is 0.335 e. The Morgan fingerprint density at radius 3 is 2.48 bits per heavy atom. The van der Waals surface area contributed by atoms with Gasteiger partial charge in [0.25, 0.3) is 11.8 Å². The van der Waals surface area contributed by atoms with Crippen LogP contribution in [0.3, 0.4) is 0 Å². The molecule has 0 bridgehead atoms. The lowest BCUT2D eigenvalue weighted by atomic mass is 10.1. The van der Waals surface area contributed by atoms with Gasteiger partial charge < -0.3 is 19.4 Å². The minimum Gasteiger partial charge on any atom is -0.546 e. The molecule has 1 heterocycles. The van der Waals surface area contributed by atoms with Crippen LogP contribution in [0.4, 0.5) is 10.5 Å². The molecule has 10 heteroatoms. The number of carbonyl (C=O) groups is 4. The predicted octanol–water partition coefficient (Wildman–Crippen LogP) is 1.53. The lowest BCUT2D eigenvalue weighted by Crippen LogP contribution is -2.54. The van der Waals surface area contributed by atoms with Crippen LogP contribution in [0.15, 0.2) is 48.0 Å². The van der Waals surface area contributed by atoms with Gasteiger partial charge in [-0.2, -0.15) is 0 Å². The zero-order chi connectivity index (χ0) is 22.5.